The van der Waals surface area contributed by atoms with Crippen LogP contribution in [-0.4, -0.2) is 42.2 Å². The van der Waals surface area contributed by atoms with E-state index in [4.69, 9.17) is 5.11 Å². The van der Waals surface area contributed by atoms with Crippen molar-refractivity contribution >= 4 is 11.7 Å². The van der Waals surface area contributed by atoms with Crippen LogP contribution in [0.4, 0.5) is 5.69 Å². The van der Waals surface area contributed by atoms with E-state index >= 15 is 0 Å². The van der Waals surface area contributed by atoms with Crippen LogP contribution in [0, 0.1) is 11.3 Å². The first kappa shape index (κ1) is 16.0. The minimum Gasteiger partial charge on any atom is -0.478 e. The first-order valence-corrected chi connectivity index (χ1v) is 7.96. The number of anilines is 1. The van der Waals surface area contributed by atoms with Crippen LogP contribution >= 0.6 is 0 Å². The van der Waals surface area contributed by atoms with Crippen molar-refractivity contribution < 1.29 is 9.90 Å². The fraction of sp³-hybridized carbons (Fsp3) is 0.263. The fourth-order valence-corrected chi connectivity index (χ4v) is 3.00. The molecule has 0 aliphatic carbocycles. The molecule has 0 saturated carbocycles. The van der Waals surface area contributed by atoms with E-state index in [0.717, 1.165) is 49.5 Å². The van der Waals surface area contributed by atoms with Crippen molar-refractivity contribution in [2.24, 2.45) is 0 Å². The Balaban J connectivity index is 1.59. The highest BCUT2D eigenvalue weighted by Gasteiger charge is 2.19. The summed E-state index contributed by atoms with van der Waals surface area (Å²) in [4.78, 5) is 15.5. The Morgan fingerprint density at radius 3 is 2.33 bits per heavy atom. The van der Waals surface area contributed by atoms with Gasteiger partial charge in [-0.1, -0.05) is 24.3 Å². The Kier molecular flexibility index (Phi) is 4.78. The number of aromatic carboxylic acids is 1. The summed E-state index contributed by atoms with van der Waals surface area (Å²) in [5.74, 6) is -0.897. The summed E-state index contributed by atoms with van der Waals surface area (Å²) in [5.41, 5.74) is 3.16. The van der Waals surface area contributed by atoms with Crippen LogP contribution in [0.15, 0.2) is 48.5 Å². The molecule has 5 heteroatoms. The van der Waals surface area contributed by atoms with Gasteiger partial charge in [-0.2, -0.15) is 5.26 Å². The van der Waals surface area contributed by atoms with E-state index in [1.54, 1.807) is 12.1 Å². The Bertz CT molecular complexity index is 757. The molecule has 122 valence electrons. The third-order valence-electron chi connectivity index (χ3n) is 4.34. The Morgan fingerprint density at radius 1 is 1.04 bits per heavy atom. The SMILES string of the molecule is N#Cc1ccccc1N1CCN(Cc2ccc(C(=O)O)cc2)CC1. The Morgan fingerprint density at radius 2 is 1.71 bits per heavy atom. The van der Waals surface area contributed by atoms with Gasteiger partial charge in [0, 0.05) is 32.7 Å². The van der Waals surface area contributed by atoms with Crippen LogP contribution in [0.3, 0.4) is 0 Å². The molecule has 0 bridgehead atoms. The molecule has 1 aliphatic heterocycles. The summed E-state index contributed by atoms with van der Waals surface area (Å²) in [6.07, 6.45) is 0. The quantitative estimate of drug-likeness (QED) is 0.937. The first-order chi connectivity index (χ1) is 11.7. The molecule has 1 saturated heterocycles. The second kappa shape index (κ2) is 7.16. The molecule has 1 heterocycles. The maximum atomic E-state index is 10.9. The molecule has 0 amide bonds. The molecule has 3 rings (SSSR count). The number of rotatable bonds is 4. The van der Waals surface area contributed by atoms with Gasteiger partial charge in [-0.3, -0.25) is 4.90 Å². The van der Waals surface area contributed by atoms with Gasteiger partial charge in [0.2, 0.25) is 0 Å². The van der Waals surface area contributed by atoms with E-state index in [0.29, 0.717) is 5.56 Å². The second-order valence-electron chi connectivity index (χ2n) is 5.89. The molecule has 0 radical (unpaired) electrons. The van der Waals surface area contributed by atoms with Gasteiger partial charge in [0.15, 0.2) is 0 Å². The zero-order chi connectivity index (χ0) is 16.9. The summed E-state index contributed by atoms with van der Waals surface area (Å²) >= 11 is 0. The minimum atomic E-state index is -0.897. The molecule has 0 atom stereocenters. The van der Waals surface area contributed by atoms with Gasteiger partial charge in [0.25, 0.3) is 0 Å². The molecular formula is C19H19N3O2. The zero-order valence-electron chi connectivity index (χ0n) is 13.4. The van der Waals surface area contributed by atoms with Crippen molar-refractivity contribution in [1.82, 2.24) is 4.90 Å². The maximum absolute atomic E-state index is 10.9. The number of para-hydroxylation sites is 1. The minimum absolute atomic E-state index is 0.316. The van der Waals surface area contributed by atoms with Gasteiger partial charge >= 0.3 is 5.97 Å². The number of carbonyl (C=O) groups is 1. The van der Waals surface area contributed by atoms with Crippen molar-refractivity contribution in [3.8, 4) is 6.07 Å². The van der Waals surface area contributed by atoms with Crippen molar-refractivity contribution in [2.45, 2.75) is 6.54 Å². The van der Waals surface area contributed by atoms with Crippen molar-refractivity contribution in [3.05, 3.63) is 65.2 Å². The first-order valence-electron chi connectivity index (χ1n) is 7.96. The van der Waals surface area contributed by atoms with Crippen molar-refractivity contribution in [2.75, 3.05) is 31.1 Å². The van der Waals surface area contributed by atoms with Crippen LogP contribution in [-0.2, 0) is 6.54 Å². The average Bonchev–Trinajstić information content (AvgIpc) is 2.63. The number of hydrogen-bond acceptors (Lipinski definition) is 4. The highest BCUT2D eigenvalue weighted by atomic mass is 16.4. The number of benzene rings is 2. The van der Waals surface area contributed by atoms with Gasteiger partial charge in [-0.15, -0.1) is 0 Å². The van der Waals surface area contributed by atoms with Gasteiger partial charge in [-0.25, -0.2) is 4.79 Å². The van der Waals surface area contributed by atoms with E-state index in [9.17, 15) is 10.1 Å². The van der Waals surface area contributed by atoms with Gasteiger partial charge < -0.3 is 10.0 Å². The molecule has 2 aromatic rings. The summed E-state index contributed by atoms with van der Waals surface area (Å²) in [6, 6.07) is 17.0. The monoisotopic (exact) mass is 321 g/mol. The van der Waals surface area contributed by atoms with Crippen LogP contribution < -0.4 is 4.90 Å². The lowest BCUT2D eigenvalue weighted by Crippen LogP contribution is -2.46. The molecule has 0 spiro atoms. The molecule has 1 aliphatic rings. The second-order valence-corrected chi connectivity index (χ2v) is 5.89. The van der Waals surface area contributed by atoms with E-state index in [1.165, 1.54) is 0 Å². The Labute approximate surface area is 141 Å². The van der Waals surface area contributed by atoms with Crippen LogP contribution in [0.25, 0.3) is 0 Å². The van der Waals surface area contributed by atoms with E-state index in [2.05, 4.69) is 15.9 Å². The van der Waals surface area contributed by atoms with E-state index in [-0.39, 0.29) is 0 Å². The number of nitriles is 1. The largest absolute Gasteiger partial charge is 0.478 e. The molecule has 2 aromatic carbocycles. The van der Waals surface area contributed by atoms with E-state index < -0.39 is 5.97 Å². The number of nitrogens with zero attached hydrogens (tertiary/aromatic N) is 3. The standard InChI is InChI=1S/C19H19N3O2/c20-13-17-3-1-2-4-18(17)22-11-9-21(10-12-22)14-15-5-7-16(8-6-15)19(23)24/h1-8H,9-12,14H2,(H,23,24). The number of hydrogen-bond donors (Lipinski definition) is 1. The van der Waals surface area contributed by atoms with Gasteiger partial charge in [0.05, 0.1) is 16.8 Å². The normalized spacial score (nSPS) is 15.0. The van der Waals surface area contributed by atoms with E-state index in [1.807, 2.05) is 36.4 Å². The van der Waals surface area contributed by atoms with Gasteiger partial charge in [-0.05, 0) is 29.8 Å². The molecule has 0 aromatic heterocycles. The van der Waals surface area contributed by atoms with Crippen LogP contribution in [0.5, 0.6) is 0 Å². The lowest BCUT2D eigenvalue weighted by Gasteiger charge is -2.36. The molecule has 5 nitrogen and oxygen atoms in total. The highest BCUT2D eigenvalue weighted by molar-refractivity contribution is 5.87. The highest BCUT2D eigenvalue weighted by Crippen LogP contribution is 2.21. The smallest absolute Gasteiger partial charge is 0.335 e. The fourth-order valence-electron chi connectivity index (χ4n) is 3.00. The van der Waals surface area contributed by atoms with Crippen LogP contribution in [0.1, 0.15) is 21.5 Å². The summed E-state index contributed by atoms with van der Waals surface area (Å²) in [6.45, 7) is 4.41. The molecular weight excluding hydrogens is 302 g/mol. The molecule has 1 fully saturated rings. The number of carboxylic acid groups (broad SMARTS) is 1. The predicted octanol–water partition coefficient (Wildman–Crippen LogP) is 2.58. The molecule has 1 N–H and O–H groups in total. The lowest BCUT2D eigenvalue weighted by atomic mass is 10.1. The van der Waals surface area contributed by atoms with Crippen molar-refractivity contribution in [3.63, 3.8) is 0 Å². The van der Waals surface area contributed by atoms with Gasteiger partial charge in [0.1, 0.15) is 6.07 Å². The third-order valence-corrected chi connectivity index (χ3v) is 4.34. The predicted molar refractivity (Wildman–Crippen MR) is 92.0 cm³/mol. The zero-order valence-corrected chi connectivity index (χ0v) is 13.4. The number of carboxylic acids is 1. The Hall–Kier alpha value is -2.84. The van der Waals surface area contributed by atoms with Crippen molar-refractivity contribution in [1.29, 1.82) is 5.26 Å². The third kappa shape index (κ3) is 3.55. The topological polar surface area (TPSA) is 67.6 Å². The average molecular weight is 321 g/mol. The van der Waals surface area contributed by atoms with Crippen LogP contribution in [0.2, 0.25) is 0 Å². The maximum Gasteiger partial charge on any atom is 0.335 e. The summed E-state index contributed by atoms with van der Waals surface area (Å²) in [5, 5.41) is 18.2. The molecule has 0 unspecified atom stereocenters. The lowest BCUT2D eigenvalue weighted by molar-refractivity contribution is 0.0697. The summed E-state index contributed by atoms with van der Waals surface area (Å²) in [7, 11) is 0. The molecule has 24 heavy (non-hydrogen) atoms. The summed E-state index contributed by atoms with van der Waals surface area (Å²) < 4.78 is 0. The number of piperazine rings is 1.